The van der Waals surface area contributed by atoms with Crippen molar-refractivity contribution in [1.82, 2.24) is 14.9 Å². The zero-order valence-electron chi connectivity index (χ0n) is 19.0. The van der Waals surface area contributed by atoms with Gasteiger partial charge in [0.2, 0.25) is 12.7 Å². The van der Waals surface area contributed by atoms with Crippen LogP contribution in [-0.4, -0.2) is 40.5 Å². The maximum absolute atomic E-state index is 12.3. The van der Waals surface area contributed by atoms with E-state index in [0.717, 1.165) is 51.9 Å². The number of anilines is 1. The number of aromatic hydroxyl groups is 1. The van der Waals surface area contributed by atoms with Crippen LogP contribution < -0.4 is 20.1 Å². The Morgan fingerprint density at radius 3 is 2.77 bits per heavy atom. The SMILES string of the molecule is O=C(Cc1ccc2c(c1)OCO2)NCCCCNc1cc(-c2ccccc2O)cc2c(Br)cnn12. The number of nitrogens with zero attached hydrogens (tertiary/aromatic N) is 2. The summed E-state index contributed by atoms with van der Waals surface area (Å²) in [6.45, 7) is 1.54. The second-order valence-electron chi connectivity index (χ2n) is 8.28. The molecule has 35 heavy (non-hydrogen) atoms. The zero-order valence-corrected chi connectivity index (χ0v) is 20.5. The molecule has 0 radical (unpaired) electrons. The summed E-state index contributed by atoms with van der Waals surface area (Å²) in [5, 5.41) is 21.2. The fourth-order valence-corrected chi connectivity index (χ4v) is 4.42. The molecule has 3 heterocycles. The van der Waals surface area contributed by atoms with E-state index in [2.05, 4.69) is 31.7 Å². The standard InChI is InChI=1S/C26H25BrN4O4/c27-20-15-30-31-21(20)13-18(19-5-1-2-6-22(19)32)14-25(31)28-9-3-4-10-29-26(33)12-17-7-8-23-24(11-17)35-16-34-23/h1-2,5-8,11,13-15,28,32H,3-4,9-10,12,16H2,(H,29,33). The highest BCUT2D eigenvalue weighted by Crippen LogP contribution is 2.34. The van der Waals surface area contributed by atoms with Gasteiger partial charge in [-0.05, 0) is 70.2 Å². The van der Waals surface area contributed by atoms with Crippen LogP contribution in [0.25, 0.3) is 16.6 Å². The Morgan fingerprint density at radius 2 is 1.89 bits per heavy atom. The first-order chi connectivity index (χ1) is 17.1. The first kappa shape index (κ1) is 23.0. The first-order valence-corrected chi connectivity index (χ1v) is 12.2. The number of halogens is 1. The highest BCUT2D eigenvalue weighted by molar-refractivity contribution is 9.10. The van der Waals surface area contributed by atoms with Gasteiger partial charge in [-0.15, -0.1) is 0 Å². The summed E-state index contributed by atoms with van der Waals surface area (Å²) in [7, 11) is 0. The normalized spacial score (nSPS) is 12.1. The second kappa shape index (κ2) is 10.3. The van der Waals surface area contributed by atoms with Gasteiger partial charge >= 0.3 is 0 Å². The van der Waals surface area contributed by atoms with Crippen molar-refractivity contribution in [2.45, 2.75) is 19.3 Å². The van der Waals surface area contributed by atoms with E-state index < -0.39 is 0 Å². The number of amides is 1. The molecule has 0 unspecified atom stereocenters. The van der Waals surface area contributed by atoms with Gasteiger partial charge in [-0.1, -0.05) is 24.3 Å². The van der Waals surface area contributed by atoms with Crippen LogP contribution in [0.1, 0.15) is 18.4 Å². The highest BCUT2D eigenvalue weighted by Gasteiger charge is 2.15. The van der Waals surface area contributed by atoms with Crippen LogP contribution in [0.4, 0.5) is 5.82 Å². The van der Waals surface area contributed by atoms with Crippen molar-refractivity contribution in [1.29, 1.82) is 0 Å². The van der Waals surface area contributed by atoms with Gasteiger partial charge in [0.05, 0.1) is 22.6 Å². The number of nitrogens with one attached hydrogen (secondary N) is 2. The number of rotatable bonds is 9. The summed E-state index contributed by atoms with van der Waals surface area (Å²) in [6.07, 6.45) is 3.77. The number of phenolic OH excluding ortho intramolecular Hbond substituents is 1. The lowest BCUT2D eigenvalue weighted by Crippen LogP contribution is -2.26. The molecule has 1 amide bonds. The molecule has 5 rings (SSSR count). The minimum atomic E-state index is -0.0182. The molecule has 9 heteroatoms. The van der Waals surface area contributed by atoms with E-state index in [-0.39, 0.29) is 18.4 Å². The average Bonchev–Trinajstić information content (AvgIpc) is 3.48. The number of carbonyl (C=O) groups excluding carboxylic acids is 1. The molecule has 0 spiro atoms. The number of ether oxygens (including phenoxy) is 2. The molecular weight excluding hydrogens is 512 g/mol. The summed E-state index contributed by atoms with van der Waals surface area (Å²) in [6, 6.07) is 16.8. The predicted octanol–water partition coefficient (Wildman–Crippen LogP) is 4.75. The Labute approximate surface area is 211 Å². The molecule has 0 fully saturated rings. The van der Waals surface area contributed by atoms with E-state index in [1.807, 2.05) is 47.0 Å². The maximum Gasteiger partial charge on any atom is 0.231 e. The Kier molecular flexibility index (Phi) is 6.76. The van der Waals surface area contributed by atoms with Gasteiger partial charge in [-0.2, -0.15) is 5.10 Å². The van der Waals surface area contributed by atoms with Crippen molar-refractivity contribution >= 4 is 33.2 Å². The highest BCUT2D eigenvalue weighted by atomic mass is 79.9. The Balaban J connectivity index is 1.13. The van der Waals surface area contributed by atoms with Crippen LogP contribution in [0.2, 0.25) is 0 Å². The number of carbonyl (C=O) groups is 1. The third-order valence-electron chi connectivity index (χ3n) is 5.82. The number of fused-ring (bicyclic) bond motifs is 2. The van der Waals surface area contributed by atoms with E-state index >= 15 is 0 Å². The minimum absolute atomic E-state index is 0.0182. The minimum Gasteiger partial charge on any atom is -0.507 e. The van der Waals surface area contributed by atoms with Gasteiger partial charge in [-0.3, -0.25) is 4.79 Å². The molecule has 0 aliphatic carbocycles. The van der Waals surface area contributed by atoms with Crippen molar-refractivity contribution in [2.75, 3.05) is 25.2 Å². The monoisotopic (exact) mass is 536 g/mol. The number of hydrogen-bond acceptors (Lipinski definition) is 6. The number of pyridine rings is 1. The summed E-state index contributed by atoms with van der Waals surface area (Å²) >= 11 is 3.55. The van der Waals surface area contributed by atoms with E-state index in [0.29, 0.717) is 24.5 Å². The maximum atomic E-state index is 12.3. The van der Waals surface area contributed by atoms with Gasteiger partial charge in [-0.25, -0.2) is 4.52 Å². The third kappa shape index (κ3) is 5.19. The molecule has 2 aromatic carbocycles. The third-order valence-corrected chi connectivity index (χ3v) is 6.43. The summed E-state index contributed by atoms with van der Waals surface area (Å²) in [5.41, 5.74) is 3.46. The van der Waals surface area contributed by atoms with Crippen molar-refractivity contribution in [3.05, 3.63) is 70.8 Å². The fraction of sp³-hybridized carbons (Fsp3) is 0.231. The number of para-hydroxylation sites is 1. The molecule has 8 nitrogen and oxygen atoms in total. The second-order valence-corrected chi connectivity index (χ2v) is 9.14. The zero-order chi connectivity index (χ0) is 24.2. The molecule has 4 aromatic rings. The molecule has 1 aliphatic heterocycles. The molecule has 0 atom stereocenters. The molecule has 0 saturated carbocycles. The molecular formula is C26H25BrN4O4. The predicted molar refractivity (Wildman–Crippen MR) is 137 cm³/mol. The van der Waals surface area contributed by atoms with Crippen LogP contribution >= 0.6 is 15.9 Å². The fourth-order valence-electron chi connectivity index (χ4n) is 4.05. The lowest BCUT2D eigenvalue weighted by Gasteiger charge is -2.12. The number of benzene rings is 2. The van der Waals surface area contributed by atoms with Gasteiger partial charge < -0.3 is 25.2 Å². The molecule has 2 aromatic heterocycles. The quantitative estimate of drug-likeness (QED) is 0.267. The van der Waals surface area contributed by atoms with Crippen LogP contribution in [0, 0.1) is 0 Å². The van der Waals surface area contributed by atoms with Crippen LogP contribution in [-0.2, 0) is 11.2 Å². The van der Waals surface area contributed by atoms with Crippen molar-refractivity contribution < 1.29 is 19.4 Å². The molecule has 180 valence electrons. The lowest BCUT2D eigenvalue weighted by atomic mass is 10.1. The number of phenols is 1. The largest absolute Gasteiger partial charge is 0.507 e. The smallest absolute Gasteiger partial charge is 0.231 e. The summed E-state index contributed by atoms with van der Waals surface area (Å²) in [5.74, 6) is 2.45. The molecule has 1 aliphatic rings. The number of unbranched alkanes of at least 4 members (excludes halogenated alkanes) is 1. The van der Waals surface area contributed by atoms with E-state index in [1.165, 1.54) is 0 Å². The van der Waals surface area contributed by atoms with Crippen LogP contribution in [0.3, 0.4) is 0 Å². The Hall–Kier alpha value is -3.72. The van der Waals surface area contributed by atoms with Crippen LogP contribution in [0.15, 0.2) is 65.3 Å². The Bertz CT molecular complexity index is 1370. The van der Waals surface area contributed by atoms with Crippen molar-refractivity contribution in [2.24, 2.45) is 0 Å². The van der Waals surface area contributed by atoms with E-state index in [1.54, 1.807) is 18.3 Å². The topological polar surface area (TPSA) is 97.1 Å². The van der Waals surface area contributed by atoms with Crippen molar-refractivity contribution in [3.8, 4) is 28.4 Å². The molecule has 0 bridgehead atoms. The van der Waals surface area contributed by atoms with Crippen molar-refractivity contribution in [3.63, 3.8) is 0 Å². The van der Waals surface area contributed by atoms with Gasteiger partial charge in [0.15, 0.2) is 11.5 Å². The molecule has 3 N–H and O–H groups in total. The van der Waals surface area contributed by atoms with E-state index in [4.69, 9.17) is 9.47 Å². The summed E-state index contributed by atoms with van der Waals surface area (Å²) < 4.78 is 13.4. The van der Waals surface area contributed by atoms with Gasteiger partial charge in [0.25, 0.3) is 0 Å². The number of aromatic nitrogens is 2. The van der Waals surface area contributed by atoms with E-state index in [9.17, 15) is 9.90 Å². The van der Waals surface area contributed by atoms with Crippen LogP contribution in [0.5, 0.6) is 17.2 Å². The molecule has 0 saturated heterocycles. The average molecular weight is 537 g/mol. The Morgan fingerprint density at radius 1 is 1.06 bits per heavy atom. The number of hydrogen-bond donors (Lipinski definition) is 3. The summed E-state index contributed by atoms with van der Waals surface area (Å²) in [4.78, 5) is 12.3. The lowest BCUT2D eigenvalue weighted by molar-refractivity contribution is -0.120. The van der Waals surface area contributed by atoms with Gasteiger partial charge in [0, 0.05) is 18.7 Å². The van der Waals surface area contributed by atoms with Gasteiger partial charge in [0.1, 0.15) is 11.6 Å². The first-order valence-electron chi connectivity index (χ1n) is 11.4.